The predicted octanol–water partition coefficient (Wildman–Crippen LogP) is 2.76. The van der Waals surface area contributed by atoms with Crippen molar-refractivity contribution in [3.05, 3.63) is 42.5 Å². The molecule has 1 fully saturated rings. The zero-order valence-electron chi connectivity index (χ0n) is 12.7. The SMILES string of the molecule is CNCC1CCN(CCOc2ccc3ccccc3c2)C1. The van der Waals surface area contributed by atoms with Crippen molar-refractivity contribution in [1.29, 1.82) is 0 Å². The maximum absolute atomic E-state index is 5.91. The van der Waals surface area contributed by atoms with Crippen LogP contribution in [0.5, 0.6) is 5.75 Å². The quantitative estimate of drug-likeness (QED) is 0.883. The van der Waals surface area contributed by atoms with E-state index in [9.17, 15) is 0 Å². The van der Waals surface area contributed by atoms with Crippen molar-refractivity contribution >= 4 is 10.8 Å². The van der Waals surface area contributed by atoms with Crippen molar-refractivity contribution in [3.8, 4) is 5.75 Å². The van der Waals surface area contributed by atoms with E-state index in [1.165, 1.54) is 30.3 Å². The molecule has 1 atom stereocenters. The van der Waals surface area contributed by atoms with E-state index in [-0.39, 0.29) is 0 Å². The summed E-state index contributed by atoms with van der Waals surface area (Å²) >= 11 is 0. The highest BCUT2D eigenvalue weighted by molar-refractivity contribution is 5.83. The van der Waals surface area contributed by atoms with Gasteiger partial charge in [0, 0.05) is 13.1 Å². The summed E-state index contributed by atoms with van der Waals surface area (Å²) in [6.45, 7) is 5.31. The number of nitrogens with one attached hydrogen (secondary N) is 1. The molecule has 0 amide bonds. The van der Waals surface area contributed by atoms with Crippen LogP contribution in [0.2, 0.25) is 0 Å². The Morgan fingerprint density at radius 3 is 2.90 bits per heavy atom. The lowest BCUT2D eigenvalue weighted by Gasteiger charge is -2.16. The summed E-state index contributed by atoms with van der Waals surface area (Å²) in [5.41, 5.74) is 0. The minimum atomic E-state index is 0.768. The van der Waals surface area contributed by atoms with Crippen LogP contribution in [0.3, 0.4) is 0 Å². The van der Waals surface area contributed by atoms with E-state index < -0.39 is 0 Å². The monoisotopic (exact) mass is 284 g/mol. The fourth-order valence-corrected chi connectivity index (χ4v) is 3.12. The number of benzene rings is 2. The number of hydrogen-bond donors (Lipinski definition) is 1. The number of likely N-dealkylation sites (tertiary alicyclic amines) is 1. The third-order valence-electron chi connectivity index (χ3n) is 4.26. The van der Waals surface area contributed by atoms with Gasteiger partial charge in [0.05, 0.1) is 0 Å². The van der Waals surface area contributed by atoms with E-state index in [0.29, 0.717) is 0 Å². The van der Waals surface area contributed by atoms with E-state index >= 15 is 0 Å². The Balaban J connectivity index is 1.48. The smallest absolute Gasteiger partial charge is 0.120 e. The minimum Gasteiger partial charge on any atom is -0.492 e. The van der Waals surface area contributed by atoms with Crippen LogP contribution >= 0.6 is 0 Å². The molecule has 112 valence electrons. The molecule has 2 aromatic rings. The first-order valence-corrected chi connectivity index (χ1v) is 7.84. The first kappa shape index (κ1) is 14.4. The lowest BCUT2D eigenvalue weighted by molar-refractivity contribution is 0.233. The standard InChI is InChI=1S/C18H24N2O/c1-19-13-15-8-9-20(14-15)10-11-21-18-7-6-16-4-2-3-5-17(16)12-18/h2-7,12,15,19H,8-11,13-14H2,1H3. The molecule has 1 aliphatic heterocycles. The average molecular weight is 284 g/mol. The zero-order chi connectivity index (χ0) is 14.5. The Kier molecular flexibility index (Phi) is 4.73. The third kappa shape index (κ3) is 3.74. The van der Waals surface area contributed by atoms with Crippen LogP contribution in [0.4, 0.5) is 0 Å². The molecule has 0 spiro atoms. The van der Waals surface area contributed by atoms with E-state index in [1.54, 1.807) is 0 Å². The third-order valence-corrected chi connectivity index (χ3v) is 4.26. The van der Waals surface area contributed by atoms with Crippen LogP contribution < -0.4 is 10.1 Å². The van der Waals surface area contributed by atoms with Gasteiger partial charge in [0.15, 0.2) is 0 Å². The lowest BCUT2D eigenvalue weighted by Crippen LogP contribution is -2.28. The Morgan fingerprint density at radius 1 is 1.19 bits per heavy atom. The first-order chi connectivity index (χ1) is 10.3. The molecule has 3 rings (SSSR count). The molecule has 1 aliphatic rings. The molecule has 1 N–H and O–H groups in total. The summed E-state index contributed by atoms with van der Waals surface area (Å²) in [6.07, 6.45) is 1.30. The molecule has 1 heterocycles. The highest BCUT2D eigenvalue weighted by Crippen LogP contribution is 2.21. The molecular formula is C18H24N2O. The van der Waals surface area contributed by atoms with Crippen LogP contribution in [0.1, 0.15) is 6.42 Å². The number of hydrogen-bond acceptors (Lipinski definition) is 3. The highest BCUT2D eigenvalue weighted by Gasteiger charge is 2.21. The van der Waals surface area contributed by atoms with Crippen LogP contribution in [0, 0.1) is 5.92 Å². The van der Waals surface area contributed by atoms with E-state index in [2.05, 4.69) is 52.7 Å². The van der Waals surface area contributed by atoms with Crippen molar-refractivity contribution in [1.82, 2.24) is 10.2 Å². The van der Waals surface area contributed by atoms with E-state index in [0.717, 1.165) is 31.4 Å². The fourth-order valence-electron chi connectivity index (χ4n) is 3.12. The van der Waals surface area contributed by atoms with Gasteiger partial charge in [-0.2, -0.15) is 0 Å². The van der Waals surface area contributed by atoms with Crippen molar-refractivity contribution < 1.29 is 4.74 Å². The highest BCUT2D eigenvalue weighted by atomic mass is 16.5. The van der Waals surface area contributed by atoms with Gasteiger partial charge in [-0.15, -0.1) is 0 Å². The normalized spacial score (nSPS) is 19.2. The summed E-state index contributed by atoms with van der Waals surface area (Å²) < 4.78 is 5.91. The molecule has 2 aromatic carbocycles. The van der Waals surface area contributed by atoms with Gasteiger partial charge in [0.2, 0.25) is 0 Å². The molecule has 0 aliphatic carbocycles. The maximum atomic E-state index is 5.91. The van der Waals surface area contributed by atoms with Gasteiger partial charge in [0.25, 0.3) is 0 Å². The second kappa shape index (κ2) is 6.92. The Hall–Kier alpha value is -1.58. The van der Waals surface area contributed by atoms with Gasteiger partial charge in [0.1, 0.15) is 12.4 Å². The summed E-state index contributed by atoms with van der Waals surface area (Å²) in [6, 6.07) is 14.7. The van der Waals surface area contributed by atoms with Crippen LogP contribution in [0.25, 0.3) is 10.8 Å². The number of rotatable bonds is 6. The summed E-state index contributed by atoms with van der Waals surface area (Å²) in [7, 11) is 2.03. The largest absolute Gasteiger partial charge is 0.492 e. The van der Waals surface area contributed by atoms with Gasteiger partial charge in [-0.1, -0.05) is 30.3 Å². The van der Waals surface area contributed by atoms with Gasteiger partial charge in [-0.3, -0.25) is 4.90 Å². The van der Waals surface area contributed by atoms with Crippen molar-refractivity contribution in [2.24, 2.45) is 5.92 Å². The molecule has 3 heteroatoms. The molecule has 1 saturated heterocycles. The molecular weight excluding hydrogens is 260 g/mol. The maximum Gasteiger partial charge on any atom is 0.120 e. The van der Waals surface area contributed by atoms with E-state index in [4.69, 9.17) is 4.74 Å². The molecule has 3 nitrogen and oxygen atoms in total. The lowest BCUT2D eigenvalue weighted by atomic mass is 10.1. The predicted molar refractivity (Wildman–Crippen MR) is 87.9 cm³/mol. The number of nitrogens with zero attached hydrogens (tertiary/aromatic N) is 1. The van der Waals surface area contributed by atoms with Crippen molar-refractivity contribution in [2.75, 3.05) is 39.8 Å². The minimum absolute atomic E-state index is 0.768. The zero-order valence-corrected chi connectivity index (χ0v) is 12.7. The fraction of sp³-hybridized carbons (Fsp3) is 0.444. The number of fused-ring (bicyclic) bond motifs is 1. The molecule has 0 bridgehead atoms. The topological polar surface area (TPSA) is 24.5 Å². The van der Waals surface area contributed by atoms with Gasteiger partial charge < -0.3 is 10.1 Å². The summed E-state index contributed by atoms with van der Waals surface area (Å²) in [5.74, 6) is 1.77. The Morgan fingerprint density at radius 2 is 2.05 bits per heavy atom. The molecule has 0 radical (unpaired) electrons. The van der Waals surface area contributed by atoms with Crippen LogP contribution in [0.15, 0.2) is 42.5 Å². The second-order valence-electron chi connectivity index (χ2n) is 5.87. The summed E-state index contributed by atoms with van der Waals surface area (Å²) in [4.78, 5) is 2.50. The van der Waals surface area contributed by atoms with Gasteiger partial charge >= 0.3 is 0 Å². The summed E-state index contributed by atoms with van der Waals surface area (Å²) in [5, 5.41) is 5.78. The Bertz CT molecular complexity index is 584. The Labute approximate surface area is 126 Å². The molecule has 21 heavy (non-hydrogen) atoms. The van der Waals surface area contributed by atoms with Gasteiger partial charge in [-0.05, 0) is 55.4 Å². The van der Waals surface area contributed by atoms with Crippen molar-refractivity contribution in [3.63, 3.8) is 0 Å². The van der Waals surface area contributed by atoms with E-state index in [1.807, 2.05) is 7.05 Å². The molecule has 0 aromatic heterocycles. The molecule has 1 unspecified atom stereocenters. The van der Waals surface area contributed by atoms with Crippen molar-refractivity contribution in [2.45, 2.75) is 6.42 Å². The van der Waals surface area contributed by atoms with Crippen LogP contribution in [-0.4, -0.2) is 44.7 Å². The van der Waals surface area contributed by atoms with Crippen LogP contribution in [-0.2, 0) is 0 Å². The first-order valence-electron chi connectivity index (χ1n) is 7.84. The average Bonchev–Trinajstić information content (AvgIpc) is 2.95. The number of ether oxygens (including phenoxy) is 1. The van der Waals surface area contributed by atoms with Gasteiger partial charge in [-0.25, -0.2) is 0 Å². The second-order valence-corrected chi connectivity index (χ2v) is 5.87. The molecule has 0 saturated carbocycles.